The summed E-state index contributed by atoms with van der Waals surface area (Å²) in [4.78, 5) is 20.0. The average molecular weight is 283 g/mol. The second-order valence-corrected chi connectivity index (χ2v) is 4.28. The molecule has 2 heterocycles. The number of carbonyl (C=O) groups excluding carboxylic acids is 1. The topological polar surface area (TPSA) is 103 Å². The lowest BCUT2D eigenvalue weighted by Gasteiger charge is -2.28. The number of aliphatic hydroxyl groups excluding tert-OH is 1. The number of hydrogen-bond acceptors (Lipinski definition) is 7. The van der Waals surface area contributed by atoms with E-state index in [1.807, 2.05) is 0 Å². The Labute approximate surface area is 116 Å². The number of nitrogens with one attached hydrogen (secondary N) is 1. The van der Waals surface area contributed by atoms with Crippen molar-refractivity contribution in [1.29, 1.82) is 0 Å². The fourth-order valence-electron chi connectivity index (χ4n) is 1.85. The molecular formula is C12H17N3O5. The first-order valence-corrected chi connectivity index (χ1v) is 6.17. The number of aliphatic hydroxyl groups is 1. The Hall–Kier alpha value is -1.93. The first kappa shape index (κ1) is 14.5. The van der Waals surface area contributed by atoms with Gasteiger partial charge < -0.3 is 24.6 Å². The zero-order valence-electron chi connectivity index (χ0n) is 11.3. The van der Waals surface area contributed by atoms with Crippen molar-refractivity contribution in [2.24, 2.45) is 0 Å². The lowest BCUT2D eigenvalue weighted by atomic mass is 10.1. The zero-order valence-corrected chi connectivity index (χ0v) is 11.3. The molecule has 1 aliphatic rings. The van der Waals surface area contributed by atoms with E-state index in [0.717, 1.165) is 0 Å². The predicted molar refractivity (Wildman–Crippen MR) is 67.8 cm³/mol. The molecule has 0 aliphatic carbocycles. The van der Waals surface area contributed by atoms with Crippen molar-refractivity contribution in [2.75, 3.05) is 27.4 Å². The van der Waals surface area contributed by atoms with Crippen LogP contribution in [0.15, 0.2) is 6.20 Å². The van der Waals surface area contributed by atoms with Gasteiger partial charge in [0.05, 0.1) is 39.2 Å². The molecule has 0 saturated carbocycles. The Morgan fingerprint density at radius 3 is 2.85 bits per heavy atom. The van der Waals surface area contributed by atoms with Crippen molar-refractivity contribution in [1.82, 2.24) is 15.3 Å². The summed E-state index contributed by atoms with van der Waals surface area (Å²) in [6.07, 6.45) is 1.15. The molecule has 2 N–H and O–H groups in total. The van der Waals surface area contributed by atoms with Crippen LogP contribution in [0.1, 0.15) is 16.9 Å². The minimum absolute atomic E-state index is 0.0837. The molecule has 0 bridgehead atoms. The van der Waals surface area contributed by atoms with E-state index in [1.54, 1.807) is 0 Å². The van der Waals surface area contributed by atoms with E-state index in [1.165, 1.54) is 20.4 Å². The third-order valence-electron chi connectivity index (χ3n) is 2.96. The summed E-state index contributed by atoms with van der Waals surface area (Å²) in [5, 5.41) is 12.4. The molecule has 0 aromatic carbocycles. The number of methoxy groups -OCH3 is 2. The summed E-state index contributed by atoms with van der Waals surface area (Å²) in [6.45, 7) is 0.761. The molecular weight excluding hydrogens is 266 g/mol. The molecule has 1 amide bonds. The van der Waals surface area contributed by atoms with Gasteiger partial charge in [-0.1, -0.05) is 0 Å². The summed E-state index contributed by atoms with van der Waals surface area (Å²) in [6, 6.07) is -0.453. The van der Waals surface area contributed by atoms with Crippen molar-refractivity contribution in [3.05, 3.63) is 11.9 Å². The van der Waals surface area contributed by atoms with Gasteiger partial charge >= 0.3 is 0 Å². The minimum atomic E-state index is -0.624. The third kappa shape index (κ3) is 3.14. The van der Waals surface area contributed by atoms with Crippen molar-refractivity contribution < 1.29 is 24.1 Å². The largest absolute Gasteiger partial charge is 0.477 e. The standard InChI is InChI=1S/C12H17N3O5/c1-18-11-12(19-2)15-7(5-13-11)10(17)14-8-6-20-4-3-9(8)16/h5,8-9,16H,3-4,6H2,1-2H3,(H,14,17)/t8-,9-/m1/s1. The van der Waals surface area contributed by atoms with Crippen LogP contribution in [0.2, 0.25) is 0 Å². The highest BCUT2D eigenvalue weighted by molar-refractivity contribution is 5.92. The fraction of sp³-hybridized carbons (Fsp3) is 0.583. The molecule has 2 rings (SSSR count). The predicted octanol–water partition coefficient (Wildman–Crippen LogP) is -0.627. The molecule has 1 fully saturated rings. The smallest absolute Gasteiger partial charge is 0.278 e. The SMILES string of the molecule is COc1ncc(C(=O)N[C@@H]2COCC[C@H]2O)nc1OC. The Morgan fingerprint density at radius 1 is 1.45 bits per heavy atom. The molecule has 1 saturated heterocycles. The van der Waals surface area contributed by atoms with Crippen LogP contribution in [-0.2, 0) is 4.74 Å². The maximum absolute atomic E-state index is 12.0. The highest BCUT2D eigenvalue weighted by Gasteiger charge is 2.26. The van der Waals surface area contributed by atoms with Crippen LogP contribution in [0, 0.1) is 0 Å². The zero-order chi connectivity index (χ0) is 14.5. The van der Waals surface area contributed by atoms with E-state index in [9.17, 15) is 9.90 Å². The lowest BCUT2D eigenvalue weighted by Crippen LogP contribution is -2.49. The first-order chi connectivity index (χ1) is 9.65. The number of rotatable bonds is 4. The van der Waals surface area contributed by atoms with Crippen LogP contribution in [-0.4, -0.2) is 60.6 Å². The van der Waals surface area contributed by atoms with Crippen LogP contribution in [0.4, 0.5) is 0 Å². The van der Waals surface area contributed by atoms with E-state index in [0.29, 0.717) is 13.0 Å². The van der Waals surface area contributed by atoms with Gasteiger partial charge in [0.15, 0.2) is 5.69 Å². The molecule has 0 spiro atoms. The van der Waals surface area contributed by atoms with E-state index >= 15 is 0 Å². The number of aromatic nitrogens is 2. The molecule has 110 valence electrons. The maximum Gasteiger partial charge on any atom is 0.278 e. The quantitative estimate of drug-likeness (QED) is 0.758. The first-order valence-electron chi connectivity index (χ1n) is 6.17. The lowest BCUT2D eigenvalue weighted by molar-refractivity contribution is -0.0140. The van der Waals surface area contributed by atoms with Gasteiger partial charge in [0, 0.05) is 6.61 Å². The molecule has 1 aromatic rings. The van der Waals surface area contributed by atoms with E-state index in [-0.39, 0.29) is 24.1 Å². The summed E-state index contributed by atoms with van der Waals surface area (Å²) in [7, 11) is 2.84. The van der Waals surface area contributed by atoms with Gasteiger partial charge in [-0.25, -0.2) is 9.97 Å². The monoisotopic (exact) mass is 283 g/mol. The Bertz CT molecular complexity index is 482. The molecule has 8 heteroatoms. The molecule has 0 unspecified atom stereocenters. The second kappa shape index (κ2) is 6.49. The van der Waals surface area contributed by atoms with Crippen LogP contribution >= 0.6 is 0 Å². The van der Waals surface area contributed by atoms with Gasteiger partial charge in [0.1, 0.15) is 0 Å². The van der Waals surface area contributed by atoms with E-state index < -0.39 is 18.1 Å². The van der Waals surface area contributed by atoms with Crippen molar-refractivity contribution in [2.45, 2.75) is 18.6 Å². The highest BCUT2D eigenvalue weighted by Crippen LogP contribution is 2.20. The summed E-state index contributed by atoms with van der Waals surface area (Å²) >= 11 is 0. The summed E-state index contributed by atoms with van der Waals surface area (Å²) in [5.41, 5.74) is 0.0837. The fourth-order valence-corrected chi connectivity index (χ4v) is 1.85. The van der Waals surface area contributed by atoms with Crippen LogP contribution < -0.4 is 14.8 Å². The molecule has 20 heavy (non-hydrogen) atoms. The number of ether oxygens (including phenoxy) is 3. The normalized spacial score (nSPS) is 22.1. The summed E-state index contributed by atoms with van der Waals surface area (Å²) < 4.78 is 15.1. The van der Waals surface area contributed by atoms with Crippen LogP contribution in [0.5, 0.6) is 11.8 Å². The van der Waals surface area contributed by atoms with Gasteiger partial charge in [-0.3, -0.25) is 4.79 Å². The Balaban J connectivity index is 2.08. The summed E-state index contributed by atoms with van der Waals surface area (Å²) in [5.74, 6) is -0.126. The van der Waals surface area contributed by atoms with E-state index in [2.05, 4.69) is 15.3 Å². The van der Waals surface area contributed by atoms with Crippen molar-refractivity contribution in [3.8, 4) is 11.8 Å². The number of hydrogen-bond donors (Lipinski definition) is 2. The van der Waals surface area contributed by atoms with Gasteiger partial charge in [-0.15, -0.1) is 0 Å². The van der Waals surface area contributed by atoms with Crippen molar-refractivity contribution in [3.63, 3.8) is 0 Å². The van der Waals surface area contributed by atoms with E-state index in [4.69, 9.17) is 14.2 Å². The van der Waals surface area contributed by atoms with Crippen LogP contribution in [0.3, 0.4) is 0 Å². The van der Waals surface area contributed by atoms with Gasteiger partial charge in [0.25, 0.3) is 17.7 Å². The number of carbonyl (C=O) groups is 1. The molecule has 8 nitrogen and oxygen atoms in total. The molecule has 2 atom stereocenters. The highest BCUT2D eigenvalue weighted by atomic mass is 16.5. The van der Waals surface area contributed by atoms with Crippen LogP contribution in [0.25, 0.3) is 0 Å². The number of amides is 1. The van der Waals surface area contributed by atoms with Gasteiger partial charge in [0.2, 0.25) is 0 Å². The van der Waals surface area contributed by atoms with Gasteiger partial charge in [-0.05, 0) is 6.42 Å². The molecule has 1 aromatic heterocycles. The Kier molecular flexibility index (Phi) is 4.70. The number of nitrogens with zero attached hydrogens (tertiary/aromatic N) is 2. The molecule has 1 aliphatic heterocycles. The Morgan fingerprint density at radius 2 is 2.20 bits per heavy atom. The maximum atomic E-state index is 12.0. The second-order valence-electron chi connectivity index (χ2n) is 4.28. The average Bonchev–Trinajstić information content (AvgIpc) is 2.48. The minimum Gasteiger partial charge on any atom is -0.477 e. The van der Waals surface area contributed by atoms with Crippen molar-refractivity contribution >= 4 is 5.91 Å². The molecule has 0 radical (unpaired) electrons. The van der Waals surface area contributed by atoms with Gasteiger partial charge in [-0.2, -0.15) is 0 Å². The third-order valence-corrected chi connectivity index (χ3v) is 2.96.